The molecule has 1 aliphatic heterocycles. The first-order chi connectivity index (χ1) is 9.49. The summed E-state index contributed by atoms with van der Waals surface area (Å²) < 4.78 is 17.1. The molecular weight excluding hydrogens is 328 g/mol. The predicted octanol–water partition coefficient (Wildman–Crippen LogP) is 1.59. The Balaban J connectivity index is 1.91. The van der Waals surface area contributed by atoms with Gasteiger partial charge in [0.1, 0.15) is 0 Å². The summed E-state index contributed by atoms with van der Waals surface area (Å²) in [5.41, 5.74) is -1.47. The highest BCUT2D eigenvalue weighted by molar-refractivity contribution is 9.11. The normalized spacial score (nSPS) is 41.8. The first kappa shape index (κ1) is 14.2. The van der Waals surface area contributed by atoms with E-state index < -0.39 is 17.1 Å². The number of hydrogen-bond donors (Lipinski definition) is 0. The Morgan fingerprint density at radius 1 is 1.60 bits per heavy atom. The van der Waals surface area contributed by atoms with Crippen LogP contribution in [0.15, 0.2) is 10.6 Å². The number of ketones is 1. The van der Waals surface area contributed by atoms with Gasteiger partial charge in [-0.2, -0.15) is 0 Å². The van der Waals surface area contributed by atoms with Crippen molar-refractivity contribution < 1.29 is 23.8 Å². The fourth-order valence-electron chi connectivity index (χ4n) is 3.48. The third-order valence-electron chi connectivity index (χ3n) is 4.65. The van der Waals surface area contributed by atoms with E-state index in [-0.39, 0.29) is 24.1 Å². The summed E-state index contributed by atoms with van der Waals surface area (Å²) in [7, 11) is 1.55. The smallest absolute Gasteiger partial charge is 0.308 e. The van der Waals surface area contributed by atoms with E-state index in [0.717, 1.165) is 4.48 Å². The number of esters is 1. The SMILES string of the molecule is CCOC(=O)C[C@]1(OC)C[C@H]2C(Br)=C[C@@H]1C(=O)[C@@]21CO1. The number of ether oxygens (including phenoxy) is 3. The standard InChI is InChI=1S/C14H17BrO5/c1-3-19-11(16)6-13(18-2)5-9-10(15)4-8(13)12(17)14(9)7-20-14/h4,8-9H,3,5-7H2,1-2H3/t8-,9+,13-,14-/m1/s1. The molecule has 0 unspecified atom stereocenters. The molecule has 3 aliphatic carbocycles. The lowest BCUT2D eigenvalue weighted by Gasteiger charge is -2.49. The molecule has 4 aliphatic rings. The van der Waals surface area contributed by atoms with Crippen molar-refractivity contribution in [2.24, 2.45) is 11.8 Å². The van der Waals surface area contributed by atoms with E-state index in [0.29, 0.717) is 19.6 Å². The quantitative estimate of drug-likeness (QED) is 0.572. The van der Waals surface area contributed by atoms with Crippen molar-refractivity contribution in [3.8, 4) is 0 Å². The average molecular weight is 345 g/mol. The van der Waals surface area contributed by atoms with Gasteiger partial charge in [-0.3, -0.25) is 9.59 Å². The van der Waals surface area contributed by atoms with Crippen molar-refractivity contribution in [3.63, 3.8) is 0 Å². The zero-order chi connectivity index (χ0) is 14.5. The Kier molecular flexibility index (Phi) is 3.30. The van der Waals surface area contributed by atoms with Crippen LogP contribution >= 0.6 is 15.9 Å². The van der Waals surface area contributed by atoms with E-state index in [9.17, 15) is 9.59 Å². The van der Waals surface area contributed by atoms with Crippen LogP contribution in [-0.2, 0) is 23.8 Å². The van der Waals surface area contributed by atoms with Crippen LogP contribution in [0, 0.1) is 11.8 Å². The van der Waals surface area contributed by atoms with Gasteiger partial charge in [0, 0.05) is 13.0 Å². The molecule has 5 nitrogen and oxygen atoms in total. The molecule has 2 bridgehead atoms. The van der Waals surface area contributed by atoms with Gasteiger partial charge in [-0.15, -0.1) is 0 Å². The highest BCUT2D eigenvalue weighted by atomic mass is 79.9. The van der Waals surface area contributed by atoms with Crippen LogP contribution in [0.2, 0.25) is 0 Å². The molecule has 4 atom stereocenters. The van der Waals surface area contributed by atoms with Crippen molar-refractivity contribution >= 4 is 27.7 Å². The first-order valence-corrected chi connectivity index (χ1v) is 7.54. The largest absolute Gasteiger partial charge is 0.466 e. The molecule has 0 N–H and O–H groups in total. The summed E-state index contributed by atoms with van der Waals surface area (Å²) in [5, 5.41) is 0. The van der Waals surface area contributed by atoms with E-state index in [2.05, 4.69) is 15.9 Å². The number of carbonyl (C=O) groups excluding carboxylic acids is 2. The zero-order valence-corrected chi connectivity index (χ0v) is 13.1. The molecule has 0 radical (unpaired) electrons. The lowest BCUT2D eigenvalue weighted by molar-refractivity contribution is -0.166. The molecule has 0 aromatic heterocycles. The van der Waals surface area contributed by atoms with Gasteiger partial charge < -0.3 is 14.2 Å². The summed E-state index contributed by atoms with van der Waals surface area (Å²) in [6.45, 7) is 2.56. The molecule has 20 heavy (non-hydrogen) atoms. The topological polar surface area (TPSA) is 65.1 Å². The van der Waals surface area contributed by atoms with Gasteiger partial charge in [-0.25, -0.2) is 0 Å². The number of epoxide rings is 1. The Bertz CT molecular complexity index is 496. The van der Waals surface area contributed by atoms with Gasteiger partial charge in [-0.05, 0) is 17.8 Å². The van der Waals surface area contributed by atoms with Gasteiger partial charge in [-0.1, -0.05) is 22.0 Å². The van der Waals surface area contributed by atoms with E-state index in [4.69, 9.17) is 14.2 Å². The summed E-state index contributed by atoms with van der Waals surface area (Å²) in [4.78, 5) is 24.4. The lowest BCUT2D eigenvalue weighted by atomic mass is 9.59. The molecule has 0 aromatic carbocycles. The average Bonchev–Trinajstić information content (AvgIpc) is 3.19. The minimum atomic E-state index is -0.803. The maximum atomic E-state index is 12.6. The zero-order valence-electron chi connectivity index (χ0n) is 11.5. The van der Waals surface area contributed by atoms with E-state index in [1.807, 2.05) is 6.08 Å². The second kappa shape index (κ2) is 4.64. The molecule has 1 heterocycles. The van der Waals surface area contributed by atoms with E-state index >= 15 is 0 Å². The second-order valence-electron chi connectivity index (χ2n) is 5.58. The molecule has 1 spiro atoms. The number of hydrogen-bond acceptors (Lipinski definition) is 5. The Labute approximate surface area is 125 Å². The summed E-state index contributed by atoms with van der Waals surface area (Å²) in [5.74, 6) is -0.818. The molecule has 110 valence electrons. The third kappa shape index (κ3) is 1.81. The van der Waals surface area contributed by atoms with Crippen LogP contribution in [0.5, 0.6) is 0 Å². The van der Waals surface area contributed by atoms with Crippen LogP contribution in [-0.4, -0.2) is 43.3 Å². The lowest BCUT2D eigenvalue weighted by Crippen LogP contribution is -2.60. The van der Waals surface area contributed by atoms with Crippen molar-refractivity contribution in [1.82, 2.24) is 0 Å². The maximum Gasteiger partial charge on any atom is 0.308 e. The summed E-state index contributed by atoms with van der Waals surface area (Å²) in [6, 6.07) is 0. The Morgan fingerprint density at radius 3 is 2.85 bits per heavy atom. The first-order valence-electron chi connectivity index (χ1n) is 6.75. The fourth-order valence-corrected chi connectivity index (χ4v) is 4.27. The Hall–Kier alpha value is -0.720. The maximum absolute atomic E-state index is 12.6. The third-order valence-corrected chi connectivity index (χ3v) is 5.47. The van der Waals surface area contributed by atoms with Crippen LogP contribution < -0.4 is 0 Å². The van der Waals surface area contributed by atoms with Gasteiger partial charge in [0.05, 0.1) is 31.2 Å². The van der Waals surface area contributed by atoms with Crippen LogP contribution in [0.25, 0.3) is 0 Å². The highest BCUT2D eigenvalue weighted by Gasteiger charge is 2.70. The van der Waals surface area contributed by atoms with Crippen LogP contribution in [0.4, 0.5) is 0 Å². The number of fused-ring (bicyclic) bond motifs is 1. The van der Waals surface area contributed by atoms with Crippen LogP contribution in [0.3, 0.4) is 0 Å². The minimum Gasteiger partial charge on any atom is -0.466 e. The molecule has 1 saturated heterocycles. The molecule has 0 amide bonds. The van der Waals surface area contributed by atoms with Gasteiger partial charge in [0.2, 0.25) is 0 Å². The van der Waals surface area contributed by atoms with E-state index in [1.54, 1.807) is 14.0 Å². The van der Waals surface area contributed by atoms with Crippen molar-refractivity contribution in [2.45, 2.75) is 31.0 Å². The molecule has 6 heteroatoms. The number of halogens is 1. The van der Waals surface area contributed by atoms with Gasteiger partial charge in [0.25, 0.3) is 0 Å². The molecule has 0 aromatic rings. The molecule has 1 saturated carbocycles. The summed E-state index contributed by atoms with van der Waals surface area (Å²) in [6.07, 6.45) is 2.55. The molecular formula is C14H17BrO5. The predicted molar refractivity (Wildman–Crippen MR) is 73.3 cm³/mol. The van der Waals surface area contributed by atoms with Crippen molar-refractivity contribution in [3.05, 3.63) is 10.6 Å². The van der Waals surface area contributed by atoms with Crippen molar-refractivity contribution in [1.29, 1.82) is 0 Å². The van der Waals surface area contributed by atoms with Gasteiger partial charge in [0.15, 0.2) is 11.4 Å². The molecule has 2 fully saturated rings. The summed E-state index contributed by atoms with van der Waals surface area (Å²) >= 11 is 3.52. The minimum absolute atomic E-state index is 0.0306. The van der Waals surface area contributed by atoms with Gasteiger partial charge >= 0.3 is 5.97 Å². The Morgan fingerprint density at radius 2 is 2.30 bits per heavy atom. The van der Waals surface area contributed by atoms with Crippen molar-refractivity contribution in [2.75, 3.05) is 20.3 Å². The van der Waals surface area contributed by atoms with Crippen LogP contribution in [0.1, 0.15) is 19.8 Å². The highest BCUT2D eigenvalue weighted by Crippen LogP contribution is 2.59. The number of carbonyl (C=O) groups is 2. The monoisotopic (exact) mass is 344 g/mol. The number of rotatable bonds is 4. The second-order valence-corrected chi connectivity index (χ2v) is 6.49. The van der Waals surface area contributed by atoms with E-state index in [1.165, 1.54) is 0 Å². The number of methoxy groups -OCH3 is 1. The number of Topliss-reactive ketones (excluding diaryl/α,β-unsaturated/α-hetero) is 1. The fraction of sp³-hybridized carbons (Fsp3) is 0.714. The molecule has 4 rings (SSSR count).